The first-order valence-corrected chi connectivity index (χ1v) is 11.7. The van der Waals surface area contributed by atoms with Crippen LogP contribution in [0.4, 0.5) is 9.18 Å². The van der Waals surface area contributed by atoms with Gasteiger partial charge in [-0.1, -0.05) is 31.2 Å². The maximum absolute atomic E-state index is 13.4. The zero-order chi connectivity index (χ0) is 25.6. The van der Waals surface area contributed by atoms with E-state index in [0.29, 0.717) is 35.1 Å². The van der Waals surface area contributed by atoms with Crippen molar-refractivity contribution in [2.75, 3.05) is 13.1 Å². The fourth-order valence-electron chi connectivity index (χ4n) is 3.66. The van der Waals surface area contributed by atoms with E-state index >= 15 is 0 Å². The van der Waals surface area contributed by atoms with Gasteiger partial charge in [-0.2, -0.15) is 0 Å². The molecule has 186 valence electrons. The van der Waals surface area contributed by atoms with Crippen LogP contribution in [0.15, 0.2) is 64.0 Å². The first-order valence-electron chi connectivity index (χ1n) is 11.7. The molecule has 0 fully saturated rings. The fraction of sp³-hybridized carbons (Fsp3) is 0.370. The van der Waals surface area contributed by atoms with Crippen molar-refractivity contribution in [3.8, 4) is 0 Å². The van der Waals surface area contributed by atoms with Crippen molar-refractivity contribution in [1.82, 2.24) is 15.1 Å². The summed E-state index contributed by atoms with van der Waals surface area (Å²) in [5, 5.41) is 3.32. The van der Waals surface area contributed by atoms with Gasteiger partial charge in [0.25, 0.3) is 0 Å². The van der Waals surface area contributed by atoms with Crippen molar-refractivity contribution in [3.05, 3.63) is 82.0 Å². The number of benzene rings is 2. The molecule has 0 unspecified atom stereocenters. The zero-order valence-electron chi connectivity index (χ0n) is 20.6. The molecule has 0 saturated carbocycles. The number of para-hydroxylation sites is 1. The van der Waals surface area contributed by atoms with Gasteiger partial charge in [-0.3, -0.25) is 9.59 Å². The predicted octanol–water partition coefficient (Wildman–Crippen LogP) is 4.68. The molecule has 7 nitrogen and oxygen atoms in total. The summed E-state index contributed by atoms with van der Waals surface area (Å²) in [6.45, 7) is 7.92. The second-order valence-corrected chi connectivity index (χ2v) is 9.56. The maximum Gasteiger partial charge on any atom is 0.318 e. The number of carbonyl (C=O) groups excluding carboxylic acids is 2. The minimum absolute atomic E-state index is 0.00969. The predicted molar refractivity (Wildman–Crippen MR) is 133 cm³/mol. The van der Waals surface area contributed by atoms with Gasteiger partial charge in [0, 0.05) is 18.6 Å². The smallest absolute Gasteiger partial charge is 0.318 e. The van der Waals surface area contributed by atoms with Crippen LogP contribution in [-0.2, 0) is 17.9 Å². The molecular formula is C27H32FN3O4. The SMILES string of the molecule is CCCN(CC(=O)N(Cc1ccc(F)cc1)Cc1coc2ccccc2c1=O)C(=O)NC(C)(C)C. The van der Waals surface area contributed by atoms with Gasteiger partial charge in [0.15, 0.2) is 5.43 Å². The van der Waals surface area contributed by atoms with Gasteiger partial charge in [0.05, 0.1) is 23.8 Å². The third kappa shape index (κ3) is 7.15. The normalized spacial score (nSPS) is 11.3. The highest BCUT2D eigenvalue weighted by Gasteiger charge is 2.25. The Balaban J connectivity index is 1.89. The molecule has 3 amide bonds. The van der Waals surface area contributed by atoms with Crippen molar-refractivity contribution in [2.45, 2.75) is 52.7 Å². The Labute approximate surface area is 204 Å². The van der Waals surface area contributed by atoms with Gasteiger partial charge in [-0.15, -0.1) is 0 Å². The maximum atomic E-state index is 13.4. The summed E-state index contributed by atoms with van der Waals surface area (Å²) in [6, 6.07) is 12.4. The highest BCUT2D eigenvalue weighted by atomic mass is 19.1. The highest BCUT2D eigenvalue weighted by Crippen LogP contribution is 2.15. The average molecular weight is 482 g/mol. The molecule has 1 aromatic heterocycles. The summed E-state index contributed by atoms with van der Waals surface area (Å²) < 4.78 is 19.0. The summed E-state index contributed by atoms with van der Waals surface area (Å²) in [5.74, 6) is -0.714. The highest BCUT2D eigenvalue weighted by molar-refractivity contribution is 5.84. The molecule has 0 bridgehead atoms. The number of rotatable bonds is 8. The first-order chi connectivity index (χ1) is 16.6. The lowest BCUT2D eigenvalue weighted by Gasteiger charge is -2.30. The fourth-order valence-corrected chi connectivity index (χ4v) is 3.66. The molecule has 3 aromatic rings. The first kappa shape index (κ1) is 25.9. The summed E-state index contributed by atoms with van der Waals surface area (Å²) in [7, 11) is 0. The minimum Gasteiger partial charge on any atom is -0.464 e. The standard InChI is InChI=1S/C27H32FN3O4/c1-5-14-30(26(34)29-27(2,3)4)17-24(32)31(15-19-10-12-21(28)13-11-19)16-20-18-35-23-9-7-6-8-22(23)25(20)33/h6-13,18H,5,14-17H2,1-4H3,(H,29,34). The number of nitrogens with one attached hydrogen (secondary N) is 1. The van der Waals surface area contributed by atoms with Gasteiger partial charge >= 0.3 is 6.03 Å². The molecule has 0 aliphatic heterocycles. The summed E-state index contributed by atoms with van der Waals surface area (Å²) in [5.41, 5.74) is 0.806. The largest absolute Gasteiger partial charge is 0.464 e. The molecule has 8 heteroatoms. The van der Waals surface area contributed by atoms with Crippen LogP contribution in [-0.4, -0.2) is 40.4 Å². The van der Waals surface area contributed by atoms with E-state index in [4.69, 9.17) is 4.42 Å². The van der Waals surface area contributed by atoms with Crippen LogP contribution in [0.1, 0.15) is 45.2 Å². The quantitative estimate of drug-likeness (QED) is 0.506. The van der Waals surface area contributed by atoms with Crippen LogP contribution in [0.3, 0.4) is 0 Å². The van der Waals surface area contributed by atoms with Crippen molar-refractivity contribution in [1.29, 1.82) is 0 Å². The summed E-state index contributed by atoms with van der Waals surface area (Å²) in [6.07, 6.45) is 2.04. The van der Waals surface area contributed by atoms with Crippen LogP contribution < -0.4 is 10.7 Å². The number of hydrogen-bond acceptors (Lipinski definition) is 4. The number of amides is 3. The van der Waals surface area contributed by atoms with Crippen LogP contribution in [0.5, 0.6) is 0 Å². The van der Waals surface area contributed by atoms with Crippen molar-refractivity contribution in [3.63, 3.8) is 0 Å². The number of urea groups is 1. The monoisotopic (exact) mass is 481 g/mol. The second-order valence-electron chi connectivity index (χ2n) is 9.56. The molecule has 35 heavy (non-hydrogen) atoms. The molecule has 0 spiro atoms. The van der Waals surface area contributed by atoms with E-state index in [-0.39, 0.29) is 42.8 Å². The average Bonchev–Trinajstić information content (AvgIpc) is 2.80. The van der Waals surface area contributed by atoms with Crippen LogP contribution in [0.25, 0.3) is 11.0 Å². The van der Waals surface area contributed by atoms with Gasteiger partial charge in [-0.25, -0.2) is 9.18 Å². The number of hydrogen-bond donors (Lipinski definition) is 1. The Morgan fingerprint density at radius 3 is 2.34 bits per heavy atom. The Bertz CT molecular complexity index is 1230. The van der Waals surface area contributed by atoms with Gasteiger partial charge in [-0.05, 0) is 57.0 Å². The number of carbonyl (C=O) groups is 2. The minimum atomic E-state index is -0.454. The Kier molecular flexibility index (Phi) is 8.27. The molecule has 1 N–H and O–H groups in total. The van der Waals surface area contributed by atoms with Gasteiger partial charge in [0.2, 0.25) is 5.91 Å². The van der Waals surface area contributed by atoms with E-state index in [1.165, 1.54) is 28.2 Å². The zero-order valence-corrected chi connectivity index (χ0v) is 20.6. The summed E-state index contributed by atoms with van der Waals surface area (Å²) in [4.78, 5) is 42.3. The third-order valence-electron chi connectivity index (χ3n) is 5.34. The Morgan fingerprint density at radius 2 is 1.69 bits per heavy atom. The van der Waals surface area contributed by atoms with Crippen LogP contribution in [0, 0.1) is 5.82 Å². The molecule has 0 saturated heterocycles. The summed E-state index contributed by atoms with van der Waals surface area (Å²) >= 11 is 0. The number of halogens is 1. The van der Waals surface area contributed by atoms with E-state index in [1.807, 2.05) is 27.7 Å². The third-order valence-corrected chi connectivity index (χ3v) is 5.34. The molecule has 0 atom stereocenters. The molecular weight excluding hydrogens is 449 g/mol. The van der Waals surface area contributed by atoms with E-state index in [9.17, 15) is 18.8 Å². The molecule has 1 heterocycles. The van der Waals surface area contributed by atoms with Gasteiger partial charge in [0.1, 0.15) is 17.9 Å². The Hall–Kier alpha value is -3.68. The molecule has 3 rings (SSSR count). The molecule has 0 radical (unpaired) electrons. The van der Waals surface area contributed by atoms with E-state index in [2.05, 4.69) is 5.32 Å². The molecule has 0 aliphatic carbocycles. The second kappa shape index (κ2) is 11.2. The van der Waals surface area contributed by atoms with Gasteiger partial charge < -0.3 is 19.5 Å². The molecule has 2 aromatic carbocycles. The van der Waals surface area contributed by atoms with E-state index in [1.54, 1.807) is 36.4 Å². The van der Waals surface area contributed by atoms with E-state index in [0.717, 1.165) is 0 Å². The Morgan fingerprint density at radius 1 is 1.00 bits per heavy atom. The number of fused-ring (bicyclic) bond motifs is 1. The van der Waals surface area contributed by atoms with Crippen molar-refractivity contribution in [2.24, 2.45) is 0 Å². The lowest BCUT2D eigenvalue weighted by atomic mass is 10.1. The molecule has 0 aliphatic rings. The lowest BCUT2D eigenvalue weighted by Crippen LogP contribution is -2.51. The van der Waals surface area contributed by atoms with Crippen LogP contribution >= 0.6 is 0 Å². The van der Waals surface area contributed by atoms with Crippen LogP contribution in [0.2, 0.25) is 0 Å². The van der Waals surface area contributed by atoms with Crippen molar-refractivity contribution >= 4 is 22.9 Å². The number of nitrogens with zero attached hydrogens (tertiary/aromatic N) is 2. The van der Waals surface area contributed by atoms with E-state index < -0.39 is 5.54 Å². The lowest BCUT2D eigenvalue weighted by molar-refractivity contribution is -0.133. The van der Waals surface area contributed by atoms with Crippen molar-refractivity contribution < 1.29 is 18.4 Å². The topological polar surface area (TPSA) is 82.9 Å².